The van der Waals surface area contributed by atoms with Crippen LogP contribution in [0.5, 0.6) is 5.75 Å². The lowest BCUT2D eigenvalue weighted by atomic mass is 10.2. The zero-order chi connectivity index (χ0) is 14.7. The average Bonchev–Trinajstić information content (AvgIpc) is 2.49. The molecule has 0 saturated carbocycles. The van der Waals surface area contributed by atoms with Gasteiger partial charge in [-0.25, -0.2) is 9.97 Å². The van der Waals surface area contributed by atoms with Crippen LogP contribution >= 0.6 is 0 Å². The van der Waals surface area contributed by atoms with Gasteiger partial charge in [-0.2, -0.15) is 5.11 Å². The molecular weight excluding hydrogens is 264 g/mol. The van der Waals surface area contributed by atoms with Crippen molar-refractivity contribution in [3.63, 3.8) is 0 Å². The lowest BCUT2D eigenvalue weighted by Gasteiger charge is -2.02. The standard InChI is InChI=1S/C16H14N4O/c1-11-16(19-14-8-4-3-7-13(14)18-11)20-17-10-12-6-2-5-9-15(12)21/h2-9,21H,10H2,1H3. The molecule has 5 heteroatoms. The van der Waals surface area contributed by atoms with Crippen LogP contribution in [0.3, 0.4) is 0 Å². The van der Waals surface area contributed by atoms with Crippen molar-refractivity contribution >= 4 is 16.9 Å². The monoisotopic (exact) mass is 278 g/mol. The largest absolute Gasteiger partial charge is 0.508 e. The topological polar surface area (TPSA) is 70.7 Å². The predicted octanol–water partition coefficient (Wildman–Crippen LogP) is 3.93. The Labute approximate surface area is 122 Å². The number of para-hydroxylation sites is 3. The number of hydrogen-bond acceptors (Lipinski definition) is 5. The number of nitrogens with zero attached hydrogens (tertiary/aromatic N) is 4. The van der Waals surface area contributed by atoms with Crippen molar-refractivity contribution in [1.29, 1.82) is 0 Å². The molecule has 0 atom stereocenters. The lowest BCUT2D eigenvalue weighted by molar-refractivity contribution is 0.468. The third-order valence-corrected chi connectivity index (χ3v) is 3.12. The first kappa shape index (κ1) is 13.2. The van der Waals surface area contributed by atoms with Gasteiger partial charge in [0.05, 0.1) is 23.3 Å². The van der Waals surface area contributed by atoms with Gasteiger partial charge in [0.1, 0.15) is 5.75 Å². The van der Waals surface area contributed by atoms with Crippen LogP contribution in [0.4, 0.5) is 5.82 Å². The molecule has 0 saturated heterocycles. The molecule has 0 aliphatic carbocycles. The zero-order valence-corrected chi connectivity index (χ0v) is 11.6. The molecule has 0 bridgehead atoms. The highest BCUT2D eigenvalue weighted by Gasteiger charge is 2.04. The van der Waals surface area contributed by atoms with E-state index in [0.29, 0.717) is 12.4 Å². The fourth-order valence-electron chi connectivity index (χ4n) is 2.00. The quantitative estimate of drug-likeness (QED) is 0.738. The number of phenols is 1. The molecule has 1 aromatic heterocycles. The van der Waals surface area contributed by atoms with Gasteiger partial charge in [0.15, 0.2) is 5.82 Å². The molecule has 2 aromatic carbocycles. The summed E-state index contributed by atoms with van der Waals surface area (Å²) in [6.45, 7) is 2.16. The summed E-state index contributed by atoms with van der Waals surface area (Å²) in [5.41, 5.74) is 3.09. The molecule has 21 heavy (non-hydrogen) atoms. The van der Waals surface area contributed by atoms with Crippen LogP contribution in [-0.2, 0) is 6.54 Å². The van der Waals surface area contributed by atoms with Gasteiger partial charge in [-0.15, -0.1) is 5.11 Å². The van der Waals surface area contributed by atoms with Gasteiger partial charge in [0, 0.05) is 5.56 Å². The van der Waals surface area contributed by atoms with Crippen LogP contribution in [0.25, 0.3) is 11.0 Å². The van der Waals surface area contributed by atoms with Crippen molar-refractivity contribution in [3.8, 4) is 5.75 Å². The highest BCUT2D eigenvalue weighted by atomic mass is 16.3. The third-order valence-electron chi connectivity index (χ3n) is 3.12. The molecule has 1 heterocycles. The summed E-state index contributed by atoms with van der Waals surface area (Å²) in [7, 11) is 0. The Morgan fingerprint density at radius 2 is 1.62 bits per heavy atom. The molecular formula is C16H14N4O. The van der Waals surface area contributed by atoms with Crippen molar-refractivity contribution in [2.24, 2.45) is 10.2 Å². The van der Waals surface area contributed by atoms with Crippen LogP contribution in [0.1, 0.15) is 11.3 Å². The molecule has 3 aromatic rings. The first-order valence-corrected chi connectivity index (χ1v) is 6.62. The normalized spacial score (nSPS) is 11.3. The smallest absolute Gasteiger partial charge is 0.196 e. The molecule has 0 spiro atoms. The summed E-state index contributed by atoms with van der Waals surface area (Å²) in [6, 6.07) is 14.7. The van der Waals surface area contributed by atoms with Gasteiger partial charge in [0.2, 0.25) is 0 Å². The predicted molar refractivity (Wildman–Crippen MR) is 80.6 cm³/mol. The number of rotatable bonds is 3. The minimum Gasteiger partial charge on any atom is -0.508 e. The Kier molecular flexibility index (Phi) is 3.55. The second-order valence-electron chi connectivity index (χ2n) is 4.65. The Bertz CT molecular complexity index is 814. The Morgan fingerprint density at radius 1 is 0.952 bits per heavy atom. The van der Waals surface area contributed by atoms with Crippen LogP contribution < -0.4 is 0 Å². The van der Waals surface area contributed by atoms with Gasteiger partial charge in [-0.1, -0.05) is 30.3 Å². The summed E-state index contributed by atoms with van der Waals surface area (Å²) in [5, 5.41) is 17.9. The SMILES string of the molecule is Cc1nc2ccccc2nc1N=NCc1ccccc1O. The maximum Gasteiger partial charge on any atom is 0.196 e. The summed E-state index contributed by atoms with van der Waals surface area (Å²) >= 11 is 0. The molecule has 0 aliphatic heterocycles. The number of azo groups is 1. The third kappa shape index (κ3) is 2.86. The van der Waals surface area contributed by atoms with Gasteiger partial charge < -0.3 is 5.11 Å². The first-order valence-electron chi connectivity index (χ1n) is 6.62. The number of aromatic hydroxyl groups is 1. The van der Waals surface area contributed by atoms with Crippen molar-refractivity contribution in [3.05, 3.63) is 59.8 Å². The minimum absolute atomic E-state index is 0.220. The average molecular weight is 278 g/mol. The molecule has 0 amide bonds. The van der Waals surface area contributed by atoms with E-state index >= 15 is 0 Å². The van der Waals surface area contributed by atoms with E-state index in [2.05, 4.69) is 20.2 Å². The first-order chi connectivity index (χ1) is 10.2. The van der Waals surface area contributed by atoms with E-state index in [1.165, 1.54) is 0 Å². The summed E-state index contributed by atoms with van der Waals surface area (Å²) in [5.74, 6) is 0.724. The highest BCUT2D eigenvalue weighted by molar-refractivity contribution is 5.75. The number of fused-ring (bicyclic) bond motifs is 1. The number of benzene rings is 2. The zero-order valence-electron chi connectivity index (χ0n) is 11.6. The van der Waals surface area contributed by atoms with Gasteiger partial charge >= 0.3 is 0 Å². The van der Waals surface area contributed by atoms with Gasteiger partial charge in [0.25, 0.3) is 0 Å². The van der Waals surface area contributed by atoms with Crippen molar-refractivity contribution < 1.29 is 5.11 Å². The number of hydrogen-bond donors (Lipinski definition) is 1. The van der Waals surface area contributed by atoms with E-state index in [9.17, 15) is 5.11 Å². The highest BCUT2D eigenvalue weighted by Crippen LogP contribution is 2.20. The lowest BCUT2D eigenvalue weighted by Crippen LogP contribution is -1.89. The van der Waals surface area contributed by atoms with Crippen molar-refractivity contribution in [2.45, 2.75) is 13.5 Å². The van der Waals surface area contributed by atoms with Gasteiger partial charge in [-0.3, -0.25) is 0 Å². The molecule has 104 valence electrons. The van der Waals surface area contributed by atoms with E-state index in [1.807, 2.05) is 43.3 Å². The summed E-state index contributed by atoms with van der Waals surface area (Å²) < 4.78 is 0. The van der Waals surface area contributed by atoms with E-state index < -0.39 is 0 Å². The molecule has 0 unspecified atom stereocenters. The Morgan fingerprint density at radius 3 is 2.38 bits per heavy atom. The molecule has 1 N–H and O–H groups in total. The van der Waals surface area contributed by atoms with Crippen molar-refractivity contribution in [1.82, 2.24) is 9.97 Å². The Hall–Kier alpha value is -2.82. The number of aryl methyl sites for hydroxylation is 1. The maximum absolute atomic E-state index is 9.67. The Balaban J connectivity index is 1.86. The van der Waals surface area contributed by atoms with E-state index in [4.69, 9.17) is 0 Å². The molecule has 0 fully saturated rings. The fourth-order valence-corrected chi connectivity index (χ4v) is 2.00. The van der Waals surface area contributed by atoms with Gasteiger partial charge in [-0.05, 0) is 25.1 Å². The second kappa shape index (κ2) is 5.66. The number of phenolic OH excluding ortho intramolecular Hbond substituents is 1. The molecule has 5 nitrogen and oxygen atoms in total. The summed E-state index contributed by atoms with van der Waals surface area (Å²) in [4.78, 5) is 8.90. The molecule has 0 radical (unpaired) electrons. The van der Waals surface area contributed by atoms with E-state index in [1.54, 1.807) is 12.1 Å². The van der Waals surface area contributed by atoms with E-state index in [0.717, 1.165) is 22.3 Å². The van der Waals surface area contributed by atoms with Crippen molar-refractivity contribution in [2.75, 3.05) is 0 Å². The number of aromatic nitrogens is 2. The summed E-state index contributed by atoms with van der Waals surface area (Å²) in [6.07, 6.45) is 0. The molecule has 0 aliphatic rings. The van der Waals surface area contributed by atoms with Crippen LogP contribution in [-0.4, -0.2) is 15.1 Å². The second-order valence-corrected chi connectivity index (χ2v) is 4.65. The van der Waals surface area contributed by atoms with E-state index in [-0.39, 0.29) is 5.75 Å². The van der Waals surface area contributed by atoms with Crippen LogP contribution in [0, 0.1) is 6.92 Å². The van der Waals surface area contributed by atoms with Crippen LogP contribution in [0.2, 0.25) is 0 Å². The minimum atomic E-state index is 0.220. The fraction of sp³-hybridized carbons (Fsp3) is 0.125. The maximum atomic E-state index is 9.67. The van der Waals surface area contributed by atoms with Crippen LogP contribution in [0.15, 0.2) is 58.8 Å². The molecule has 3 rings (SSSR count).